The molecular formula is C17H15F2N3O3. The largest absolute Gasteiger partial charge is 0.507 e. The Labute approximate surface area is 141 Å². The number of nitrogens with zero attached hydrogens (tertiary/aromatic N) is 2. The van der Waals surface area contributed by atoms with Crippen molar-refractivity contribution in [3.63, 3.8) is 0 Å². The minimum Gasteiger partial charge on any atom is -0.507 e. The van der Waals surface area contributed by atoms with Crippen LogP contribution in [0.2, 0.25) is 0 Å². The molecule has 0 fully saturated rings. The molecule has 6 nitrogen and oxygen atoms in total. The highest BCUT2D eigenvalue weighted by molar-refractivity contribution is 6.00. The minimum atomic E-state index is -1.16. The van der Waals surface area contributed by atoms with Gasteiger partial charge >= 0.3 is 0 Å². The Kier molecular flexibility index (Phi) is 4.73. The molecule has 0 aliphatic carbocycles. The van der Waals surface area contributed by atoms with Crippen LogP contribution in [-0.2, 0) is 0 Å². The minimum absolute atomic E-state index is 0.0181. The summed E-state index contributed by atoms with van der Waals surface area (Å²) in [4.78, 5) is 0. The van der Waals surface area contributed by atoms with Crippen molar-refractivity contribution in [3.8, 4) is 17.0 Å². The number of aromatic hydroxyl groups is 1. The van der Waals surface area contributed by atoms with Gasteiger partial charge in [-0.1, -0.05) is 24.3 Å². The first kappa shape index (κ1) is 17.0. The van der Waals surface area contributed by atoms with Crippen LogP contribution in [0.5, 0.6) is 5.75 Å². The van der Waals surface area contributed by atoms with Crippen LogP contribution in [0.4, 0.5) is 14.6 Å². The topological polar surface area (TPSA) is 98.5 Å². The zero-order valence-corrected chi connectivity index (χ0v) is 12.9. The van der Waals surface area contributed by atoms with E-state index < -0.39 is 30.1 Å². The van der Waals surface area contributed by atoms with Gasteiger partial charge in [0.25, 0.3) is 0 Å². The van der Waals surface area contributed by atoms with E-state index in [1.807, 2.05) is 0 Å². The number of anilines is 1. The highest BCUT2D eigenvalue weighted by atomic mass is 19.2. The number of benzene rings is 2. The fourth-order valence-electron chi connectivity index (χ4n) is 2.44. The smallest absolute Gasteiger partial charge is 0.162 e. The third-order valence-electron chi connectivity index (χ3n) is 3.70. The number of aliphatic hydroxyl groups excluding tert-OH is 2. The zero-order valence-electron chi connectivity index (χ0n) is 12.9. The summed E-state index contributed by atoms with van der Waals surface area (Å²) in [5.41, 5.74) is 0.213. The van der Waals surface area contributed by atoms with E-state index >= 15 is 0 Å². The predicted molar refractivity (Wildman–Crippen MR) is 88.1 cm³/mol. The van der Waals surface area contributed by atoms with Crippen molar-refractivity contribution < 1.29 is 24.1 Å². The number of rotatable bonds is 5. The van der Waals surface area contributed by atoms with Crippen molar-refractivity contribution in [2.24, 2.45) is 0 Å². The second kappa shape index (κ2) is 6.96. The number of fused-ring (bicyclic) bond motifs is 1. The van der Waals surface area contributed by atoms with Gasteiger partial charge in [-0.3, -0.25) is 0 Å². The molecule has 0 radical (unpaired) electrons. The average molecular weight is 347 g/mol. The first-order valence-corrected chi connectivity index (χ1v) is 7.48. The van der Waals surface area contributed by atoms with Crippen LogP contribution in [0, 0.1) is 11.6 Å². The molecule has 0 amide bonds. The molecular weight excluding hydrogens is 332 g/mol. The monoisotopic (exact) mass is 347 g/mol. The Morgan fingerprint density at radius 3 is 2.44 bits per heavy atom. The van der Waals surface area contributed by atoms with Gasteiger partial charge < -0.3 is 20.6 Å². The zero-order chi connectivity index (χ0) is 18.0. The Hall–Kier alpha value is -2.84. The van der Waals surface area contributed by atoms with Gasteiger partial charge in [0.1, 0.15) is 11.4 Å². The van der Waals surface area contributed by atoms with Crippen LogP contribution in [0.15, 0.2) is 36.4 Å². The molecule has 3 aromatic rings. The number of halogens is 2. The Bertz CT molecular complexity index is 921. The number of hydrogen-bond acceptors (Lipinski definition) is 6. The number of nitrogens with one attached hydrogen (secondary N) is 1. The molecule has 2 aromatic carbocycles. The van der Waals surface area contributed by atoms with Crippen molar-refractivity contribution in [2.45, 2.75) is 6.10 Å². The molecule has 1 aromatic heterocycles. The lowest BCUT2D eigenvalue weighted by molar-refractivity contribution is 0.105. The van der Waals surface area contributed by atoms with E-state index in [9.17, 15) is 19.0 Å². The normalized spacial score (nSPS) is 12.3. The lowest BCUT2D eigenvalue weighted by Crippen LogP contribution is -2.23. The Balaban J connectivity index is 2.11. The highest BCUT2D eigenvalue weighted by Crippen LogP contribution is 2.35. The van der Waals surface area contributed by atoms with Crippen LogP contribution >= 0.6 is 0 Å². The van der Waals surface area contributed by atoms with Crippen LogP contribution in [0.1, 0.15) is 0 Å². The summed E-state index contributed by atoms with van der Waals surface area (Å²) in [5.74, 6) is -2.36. The van der Waals surface area contributed by atoms with Crippen LogP contribution in [0.25, 0.3) is 22.0 Å². The van der Waals surface area contributed by atoms with Crippen molar-refractivity contribution in [1.29, 1.82) is 0 Å². The fourth-order valence-corrected chi connectivity index (χ4v) is 2.44. The van der Waals surface area contributed by atoms with Gasteiger partial charge in [-0.15, -0.1) is 10.2 Å². The SMILES string of the molecule is OC[C@H](O)CNc1nnc(-c2cc(F)c(F)cc2O)c2ccccc12. The quantitative estimate of drug-likeness (QED) is 0.564. The van der Waals surface area contributed by atoms with E-state index in [0.29, 0.717) is 22.7 Å². The summed E-state index contributed by atoms with van der Waals surface area (Å²) in [6.45, 7) is -0.343. The molecule has 25 heavy (non-hydrogen) atoms. The number of phenolic OH excluding ortho intramolecular Hbond substituents is 1. The summed E-state index contributed by atoms with van der Waals surface area (Å²) in [5, 5.41) is 40.3. The lowest BCUT2D eigenvalue weighted by atomic mass is 10.0. The molecule has 8 heteroatoms. The Morgan fingerprint density at radius 1 is 1.04 bits per heavy atom. The molecule has 0 bridgehead atoms. The molecule has 130 valence electrons. The van der Waals surface area contributed by atoms with Gasteiger partial charge in [0.05, 0.1) is 12.7 Å². The Morgan fingerprint density at radius 2 is 1.72 bits per heavy atom. The number of aliphatic hydroxyl groups is 2. The maximum absolute atomic E-state index is 13.6. The molecule has 3 rings (SSSR count). The fraction of sp³-hybridized carbons (Fsp3) is 0.176. The van der Waals surface area contributed by atoms with Crippen molar-refractivity contribution in [2.75, 3.05) is 18.5 Å². The molecule has 0 spiro atoms. The third-order valence-corrected chi connectivity index (χ3v) is 3.70. The van der Waals surface area contributed by atoms with E-state index in [2.05, 4.69) is 15.5 Å². The van der Waals surface area contributed by atoms with E-state index in [1.165, 1.54) is 0 Å². The maximum atomic E-state index is 13.6. The van der Waals surface area contributed by atoms with Gasteiger partial charge in [0.2, 0.25) is 0 Å². The van der Waals surface area contributed by atoms with E-state index in [1.54, 1.807) is 24.3 Å². The molecule has 1 heterocycles. The molecule has 1 atom stereocenters. The maximum Gasteiger partial charge on any atom is 0.162 e. The summed E-state index contributed by atoms with van der Waals surface area (Å²) in [7, 11) is 0. The molecule has 4 N–H and O–H groups in total. The second-order valence-corrected chi connectivity index (χ2v) is 5.44. The standard InChI is InChI=1S/C17H15F2N3O3/c18-13-5-12(15(25)6-14(13)19)16-10-3-1-2-4-11(10)17(22-21-16)20-7-9(24)8-23/h1-6,9,23-25H,7-8H2,(H,20,22)/t9-/m1/s1. The molecule has 0 saturated carbocycles. The van der Waals surface area contributed by atoms with Crippen molar-refractivity contribution >= 4 is 16.6 Å². The highest BCUT2D eigenvalue weighted by Gasteiger charge is 2.17. The summed E-state index contributed by atoms with van der Waals surface area (Å²) in [6, 6.07) is 8.48. The number of aromatic nitrogens is 2. The number of hydrogen-bond donors (Lipinski definition) is 4. The molecule has 0 saturated heterocycles. The molecule has 0 unspecified atom stereocenters. The molecule has 0 aliphatic heterocycles. The van der Waals surface area contributed by atoms with Crippen LogP contribution in [0.3, 0.4) is 0 Å². The van der Waals surface area contributed by atoms with Gasteiger partial charge in [0, 0.05) is 28.9 Å². The van der Waals surface area contributed by atoms with Crippen molar-refractivity contribution in [3.05, 3.63) is 48.0 Å². The van der Waals surface area contributed by atoms with Gasteiger partial charge in [-0.05, 0) is 6.07 Å². The predicted octanol–water partition coefficient (Wildman–Crippen LogP) is 2.05. The van der Waals surface area contributed by atoms with Gasteiger partial charge in [-0.2, -0.15) is 0 Å². The van der Waals surface area contributed by atoms with E-state index in [-0.39, 0.29) is 17.8 Å². The van der Waals surface area contributed by atoms with Gasteiger partial charge in [0.15, 0.2) is 17.5 Å². The van der Waals surface area contributed by atoms with E-state index in [4.69, 9.17) is 5.11 Å². The average Bonchev–Trinajstić information content (AvgIpc) is 2.62. The first-order valence-electron chi connectivity index (χ1n) is 7.48. The summed E-state index contributed by atoms with van der Waals surface area (Å²) in [6.07, 6.45) is -0.963. The lowest BCUT2D eigenvalue weighted by Gasteiger charge is -2.13. The molecule has 0 aliphatic rings. The van der Waals surface area contributed by atoms with Crippen LogP contribution < -0.4 is 5.32 Å². The number of phenols is 1. The second-order valence-electron chi connectivity index (χ2n) is 5.44. The van der Waals surface area contributed by atoms with Gasteiger partial charge in [-0.25, -0.2) is 8.78 Å². The first-order chi connectivity index (χ1) is 12.0. The van der Waals surface area contributed by atoms with Crippen LogP contribution in [-0.4, -0.2) is 44.8 Å². The van der Waals surface area contributed by atoms with E-state index in [0.717, 1.165) is 6.07 Å². The third kappa shape index (κ3) is 3.35. The summed E-state index contributed by atoms with van der Waals surface area (Å²) >= 11 is 0. The van der Waals surface area contributed by atoms with Crippen molar-refractivity contribution in [1.82, 2.24) is 10.2 Å². The summed E-state index contributed by atoms with van der Waals surface area (Å²) < 4.78 is 26.8.